The van der Waals surface area contributed by atoms with Crippen molar-refractivity contribution in [1.82, 2.24) is 24.1 Å². The van der Waals surface area contributed by atoms with Crippen molar-refractivity contribution < 1.29 is 0 Å². The Bertz CT molecular complexity index is 3410. The molecule has 0 fully saturated rings. The van der Waals surface area contributed by atoms with E-state index in [0.717, 1.165) is 77.7 Å². The third-order valence-corrected chi connectivity index (χ3v) is 11.4. The molecule has 5 nitrogen and oxygen atoms in total. The number of rotatable bonds is 7. The highest BCUT2D eigenvalue weighted by atomic mass is 15.2. The molecular weight excluding hydrogens is 707 g/mol. The van der Waals surface area contributed by atoms with Crippen LogP contribution in [-0.2, 0) is 0 Å². The third kappa shape index (κ3) is 5.14. The van der Waals surface area contributed by atoms with Crippen LogP contribution >= 0.6 is 0 Å². The van der Waals surface area contributed by atoms with Crippen LogP contribution in [0.1, 0.15) is 11.3 Å². The Hall–Kier alpha value is -7.89. The molecule has 5 heteroatoms. The highest BCUT2D eigenvalue weighted by Gasteiger charge is 2.21. The second-order valence-corrected chi connectivity index (χ2v) is 14.5. The summed E-state index contributed by atoms with van der Waals surface area (Å²) in [5, 5.41) is 7.12. The molecule has 0 amide bonds. The summed E-state index contributed by atoms with van der Waals surface area (Å²) >= 11 is 0. The Balaban J connectivity index is 1.13. The molecule has 0 saturated carbocycles. The van der Waals surface area contributed by atoms with E-state index in [2.05, 4.69) is 179 Å². The Labute approximate surface area is 335 Å². The van der Waals surface area contributed by atoms with Crippen molar-refractivity contribution in [3.63, 3.8) is 0 Å². The lowest BCUT2D eigenvalue weighted by Crippen LogP contribution is -2.06. The number of para-hydroxylation sites is 2. The topological polar surface area (TPSA) is 48.5 Å². The van der Waals surface area contributed by atoms with Crippen LogP contribution in [0.2, 0.25) is 0 Å². The van der Waals surface area contributed by atoms with Crippen molar-refractivity contribution in [2.24, 2.45) is 0 Å². The quantitative estimate of drug-likeness (QED) is 0.163. The van der Waals surface area contributed by atoms with Crippen LogP contribution in [0.3, 0.4) is 0 Å². The summed E-state index contributed by atoms with van der Waals surface area (Å²) in [6.45, 7) is 8.31. The van der Waals surface area contributed by atoms with Crippen LogP contribution < -0.4 is 0 Å². The molecule has 0 aliphatic heterocycles. The van der Waals surface area contributed by atoms with Gasteiger partial charge >= 0.3 is 0 Å². The van der Waals surface area contributed by atoms with Gasteiger partial charge in [-0.25, -0.2) is 9.97 Å². The first-order valence-corrected chi connectivity index (χ1v) is 19.4. The molecule has 4 heterocycles. The van der Waals surface area contributed by atoms with Crippen LogP contribution in [0.25, 0.3) is 112 Å². The molecule has 0 N–H and O–H groups in total. The molecule has 0 atom stereocenters. The lowest BCUT2D eigenvalue weighted by atomic mass is 9.94. The standard InChI is InChI=1S/C53H35N5/c1-3-39-46(4-2)55-53(56-52(39)36-26-24-35(25-27-36)34-15-6-5-7-16-34)58-47-22-12-10-19-41(47)45-31-37(28-29-49(45)58)44-32-50-51(42-20-9-8-18-40(42)44)43-21-11-13-23-48(43)57(50)38-17-14-30-54-33-38/h3-33H,1-2H2. The van der Waals surface area contributed by atoms with Crippen LogP contribution in [0.15, 0.2) is 189 Å². The van der Waals surface area contributed by atoms with Crippen molar-refractivity contribution >= 4 is 66.5 Å². The summed E-state index contributed by atoms with van der Waals surface area (Å²) in [6, 6.07) is 58.1. The second-order valence-electron chi connectivity index (χ2n) is 14.5. The van der Waals surface area contributed by atoms with Crippen LogP contribution in [-0.4, -0.2) is 24.1 Å². The van der Waals surface area contributed by atoms with E-state index < -0.39 is 0 Å². The summed E-state index contributed by atoms with van der Waals surface area (Å²) in [6.07, 6.45) is 7.38. The molecule has 11 aromatic rings. The van der Waals surface area contributed by atoms with Gasteiger partial charge in [0.05, 0.1) is 45.3 Å². The van der Waals surface area contributed by atoms with Gasteiger partial charge in [0.25, 0.3) is 0 Å². The van der Waals surface area contributed by atoms with Crippen LogP contribution in [0.5, 0.6) is 0 Å². The smallest absolute Gasteiger partial charge is 0.235 e. The van der Waals surface area contributed by atoms with Crippen molar-refractivity contribution in [3.8, 4) is 45.1 Å². The maximum atomic E-state index is 5.31. The Kier molecular flexibility index (Phi) is 7.73. The molecular formula is C53H35N5. The van der Waals surface area contributed by atoms with Gasteiger partial charge in [-0.05, 0) is 81.6 Å². The maximum absolute atomic E-state index is 5.31. The van der Waals surface area contributed by atoms with E-state index in [1.807, 2.05) is 30.6 Å². The molecule has 4 aromatic heterocycles. The predicted molar refractivity (Wildman–Crippen MR) is 243 cm³/mol. The minimum Gasteiger partial charge on any atom is -0.308 e. The van der Waals surface area contributed by atoms with Gasteiger partial charge in [-0.3, -0.25) is 9.55 Å². The summed E-state index contributed by atoms with van der Waals surface area (Å²) in [5.41, 5.74) is 13.3. The van der Waals surface area contributed by atoms with E-state index in [4.69, 9.17) is 9.97 Å². The molecule has 11 rings (SSSR count). The molecule has 0 spiro atoms. The average molecular weight is 742 g/mol. The minimum absolute atomic E-state index is 0.578. The number of benzene rings is 7. The molecule has 0 aliphatic rings. The monoisotopic (exact) mass is 741 g/mol. The molecule has 7 aromatic carbocycles. The Morgan fingerprint density at radius 1 is 0.448 bits per heavy atom. The maximum Gasteiger partial charge on any atom is 0.235 e. The first-order chi connectivity index (χ1) is 28.7. The molecule has 0 bridgehead atoms. The lowest BCUT2D eigenvalue weighted by molar-refractivity contribution is 0.983. The van der Waals surface area contributed by atoms with E-state index in [1.165, 1.54) is 27.1 Å². The molecule has 58 heavy (non-hydrogen) atoms. The third-order valence-electron chi connectivity index (χ3n) is 11.4. The number of hydrogen-bond acceptors (Lipinski definition) is 3. The van der Waals surface area contributed by atoms with Crippen molar-refractivity contribution in [3.05, 3.63) is 201 Å². The summed E-state index contributed by atoms with van der Waals surface area (Å²) < 4.78 is 4.52. The minimum atomic E-state index is 0.578. The lowest BCUT2D eigenvalue weighted by Gasteiger charge is -2.14. The van der Waals surface area contributed by atoms with E-state index in [9.17, 15) is 0 Å². The molecule has 0 aliphatic carbocycles. The normalized spacial score (nSPS) is 11.6. The van der Waals surface area contributed by atoms with Gasteiger partial charge in [0.15, 0.2) is 0 Å². The first-order valence-electron chi connectivity index (χ1n) is 19.4. The van der Waals surface area contributed by atoms with Crippen molar-refractivity contribution in [2.45, 2.75) is 0 Å². The molecule has 0 radical (unpaired) electrons. The fourth-order valence-corrected chi connectivity index (χ4v) is 8.79. The number of pyridine rings is 1. The largest absolute Gasteiger partial charge is 0.308 e. The fourth-order valence-electron chi connectivity index (χ4n) is 8.79. The first kappa shape index (κ1) is 33.4. The van der Waals surface area contributed by atoms with Gasteiger partial charge in [-0.2, -0.15) is 0 Å². The van der Waals surface area contributed by atoms with Gasteiger partial charge < -0.3 is 4.57 Å². The number of nitrogens with zero attached hydrogens (tertiary/aromatic N) is 5. The van der Waals surface area contributed by atoms with Gasteiger partial charge in [-0.15, -0.1) is 0 Å². The Morgan fingerprint density at radius 2 is 1.09 bits per heavy atom. The van der Waals surface area contributed by atoms with Gasteiger partial charge in [-0.1, -0.05) is 141 Å². The Morgan fingerprint density at radius 3 is 1.83 bits per heavy atom. The van der Waals surface area contributed by atoms with Gasteiger partial charge in [0, 0.05) is 38.9 Å². The van der Waals surface area contributed by atoms with Crippen LogP contribution in [0.4, 0.5) is 0 Å². The summed E-state index contributed by atoms with van der Waals surface area (Å²) in [7, 11) is 0. The molecule has 0 unspecified atom stereocenters. The number of fused-ring (bicyclic) bond motifs is 8. The molecule has 0 saturated heterocycles. The van der Waals surface area contributed by atoms with E-state index >= 15 is 0 Å². The van der Waals surface area contributed by atoms with Crippen molar-refractivity contribution in [1.29, 1.82) is 0 Å². The van der Waals surface area contributed by atoms with Gasteiger partial charge in [0.2, 0.25) is 5.95 Å². The van der Waals surface area contributed by atoms with E-state index in [1.54, 1.807) is 6.08 Å². The number of aromatic nitrogens is 5. The highest BCUT2D eigenvalue weighted by molar-refractivity contribution is 6.24. The highest BCUT2D eigenvalue weighted by Crippen LogP contribution is 2.43. The van der Waals surface area contributed by atoms with Gasteiger partial charge in [0.1, 0.15) is 0 Å². The second kappa shape index (κ2) is 13.4. The zero-order valence-corrected chi connectivity index (χ0v) is 31.5. The van der Waals surface area contributed by atoms with Crippen LogP contribution in [0, 0.1) is 0 Å². The molecule has 272 valence electrons. The van der Waals surface area contributed by atoms with Crippen molar-refractivity contribution in [2.75, 3.05) is 0 Å². The summed E-state index contributed by atoms with van der Waals surface area (Å²) in [4.78, 5) is 14.9. The predicted octanol–water partition coefficient (Wildman–Crippen LogP) is 13.5. The zero-order valence-electron chi connectivity index (χ0n) is 31.5. The average Bonchev–Trinajstić information content (AvgIpc) is 3.81. The van der Waals surface area contributed by atoms with E-state index in [0.29, 0.717) is 5.95 Å². The fraction of sp³-hybridized carbons (Fsp3) is 0. The number of hydrogen-bond donors (Lipinski definition) is 0. The SMILES string of the molecule is C=Cc1nc(-n2c3ccccc3c3cc(-c4cc5c(c6ccccc46)c4ccccc4n5-c4cccnc4)ccc32)nc(-c2ccc(-c3ccccc3)cc2)c1C=C. The zero-order chi connectivity index (χ0) is 38.7. The van der Waals surface area contributed by atoms with E-state index in [-0.39, 0.29) is 0 Å². The summed E-state index contributed by atoms with van der Waals surface area (Å²) in [5.74, 6) is 0.578.